The van der Waals surface area contributed by atoms with Gasteiger partial charge in [0.25, 0.3) is 0 Å². The van der Waals surface area contributed by atoms with E-state index in [-0.39, 0.29) is 35.3 Å². The van der Waals surface area contributed by atoms with Gasteiger partial charge in [-0.3, -0.25) is 9.79 Å². The molecule has 28 heavy (non-hydrogen) atoms. The molecule has 0 spiro atoms. The summed E-state index contributed by atoms with van der Waals surface area (Å²) in [6.45, 7) is 5.47. The Bertz CT molecular complexity index is 675. The van der Waals surface area contributed by atoms with Gasteiger partial charge in [0.15, 0.2) is 5.96 Å². The second-order valence-corrected chi connectivity index (χ2v) is 6.82. The molecule has 0 saturated heterocycles. The van der Waals surface area contributed by atoms with Gasteiger partial charge in [0.05, 0.1) is 12.1 Å². The molecule has 0 unspecified atom stereocenters. The van der Waals surface area contributed by atoms with Crippen LogP contribution in [-0.4, -0.2) is 38.0 Å². The Kier molecular flexibility index (Phi) is 9.52. The van der Waals surface area contributed by atoms with Crippen LogP contribution in [0.5, 0.6) is 0 Å². The maximum atomic E-state index is 13.0. The molecule has 0 atom stereocenters. The van der Waals surface area contributed by atoms with E-state index in [9.17, 15) is 18.0 Å². The van der Waals surface area contributed by atoms with Gasteiger partial charge in [0, 0.05) is 32.0 Å². The van der Waals surface area contributed by atoms with Crippen molar-refractivity contribution in [2.75, 3.05) is 26.2 Å². The van der Waals surface area contributed by atoms with Gasteiger partial charge >= 0.3 is 6.18 Å². The molecule has 1 saturated carbocycles. The van der Waals surface area contributed by atoms with Crippen LogP contribution in [0.3, 0.4) is 0 Å². The first-order valence-electron chi connectivity index (χ1n) is 9.21. The van der Waals surface area contributed by atoms with Crippen molar-refractivity contribution in [1.29, 1.82) is 0 Å². The van der Waals surface area contributed by atoms with Crippen molar-refractivity contribution >= 4 is 35.8 Å². The summed E-state index contributed by atoms with van der Waals surface area (Å²) in [4.78, 5) is 15.5. The Morgan fingerprint density at radius 3 is 2.39 bits per heavy atom. The molecular formula is C19H28F3IN4O. The van der Waals surface area contributed by atoms with Crippen molar-refractivity contribution in [3.8, 4) is 0 Å². The Morgan fingerprint density at radius 1 is 1.18 bits per heavy atom. The molecule has 0 aromatic heterocycles. The minimum Gasteiger partial charge on any atom is -0.357 e. The molecule has 9 heteroatoms. The maximum absolute atomic E-state index is 13.0. The normalized spacial score (nSPS) is 15.8. The number of nitrogens with one attached hydrogen (secondary N) is 3. The number of benzene rings is 1. The lowest BCUT2D eigenvalue weighted by atomic mass is 9.64. The van der Waals surface area contributed by atoms with E-state index in [0.717, 1.165) is 25.3 Å². The number of amides is 1. The summed E-state index contributed by atoms with van der Waals surface area (Å²) >= 11 is 0. The Hall–Kier alpha value is -1.52. The molecular weight excluding hydrogens is 484 g/mol. The molecule has 0 bridgehead atoms. The van der Waals surface area contributed by atoms with E-state index >= 15 is 0 Å². The highest BCUT2D eigenvalue weighted by atomic mass is 127. The molecule has 1 fully saturated rings. The number of aliphatic imine (C=N–C) groups is 1. The average Bonchev–Trinajstić information content (AvgIpc) is 2.57. The van der Waals surface area contributed by atoms with Crippen LogP contribution in [0, 0.1) is 0 Å². The number of hydrogen-bond donors (Lipinski definition) is 3. The first kappa shape index (κ1) is 24.5. The molecule has 1 aromatic rings. The van der Waals surface area contributed by atoms with Gasteiger partial charge in [-0.2, -0.15) is 13.2 Å². The Labute approximate surface area is 181 Å². The molecule has 1 amide bonds. The predicted octanol–water partition coefficient (Wildman–Crippen LogP) is 3.44. The first-order chi connectivity index (χ1) is 12.8. The predicted molar refractivity (Wildman–Crippen MR) is 115 cm³/mol. The fourth-order valence-corrected chi connectivity index (χ4v) is 3.16. The first-order valence-corrected chi connectivity index (χ1v) is 9.21. The molecule has 5 nitrogen and oxygen atoms in total. The summed E-state index contributed by atoms with van der Waals surface area (Å²) in [5, 5.41) is 8.95. The molecule has 158 valence electrons. The molecule has 0 aliphatic heterocycles. The fraction of sp³-hybridized carbons (Fsp3) is 0.579. The number of halogens is 4. The number of carbonyl (C=O) groups excluding carboxylic acids is 1. The summed E-state index contributed by atoms with van der Waals surface area (Å²) in [5.41, 5.74) is -0.265. The van der Waals surface area contributed by atoms with Gasteiger partial charge in [-0.05, 0) is 31.4 Å². The zero-order valence-corrected chi connectivity index (χ0v) is 18.5. The Balaban J connectivity index is 0.00000392. The van der Waals surface area contributed by atoms with Crippen LogP contribution < -0.4 is 16.0 Å². The van der Waals surface area contributed by atoms with E-state index in [1.54, 1.807) is 6.07 Å². The lowest BCUT2D eigenvalue weighted by molar-refractivity contribution is -0.137. The third-order valence-electron chi connectivity index (χ3n) is 4.79. The van der Waals surface area contributed by atoms with Crippen LogP contribution >= 0.6 is 24.0 Å². The summed E-state index contributed by atoms with van der Waals surface area (Å²) in [6, 6.07) is 5.60. The number of rotatable bonds is 7. The highest BCUT2D eigenvalue weighted by Gasteiger charge is 2.40. The second-order valence-electron chi connectivity index (χ2n) is 6.82. The largest absolute Gasteiger partial charge is 0.416 e. The summed E-state index contributed by atoms with van der Waals surface area (Å²) < 4.78 is 39.1. The number of carbonyl (C=O) groups is 1. The topological polar surface area (TPSA) is 65.5 Å². The van der Waals surface area contributed by atoms with Crippen molar-refractivity contribution in [3.05, 3.63) is 35.4 Å². The maximum Gasteiger partial charge on any atom is 0.416 e. The van der Waals surface area contributed by atoms with E-state index in [2.05, 4.69) is 20.9 Å². The molecule has 2 rings (SSSR count). The van der Waals surface area contributed by atoms with Crippen LogP contribution in [0.15, 0.2) is 29.3 Å². The van der Waals surface area contributed by atoms with Crippen LogP contribution in [0.25, 0.3) is 0 Å². The number of alkyl halides is 3. The lowest BCUT2D eigenvalue weighted by Crippen LogP contribution is -2.43. The Morgan fingerprint density at radius 2 is 1.86 bits per heavy atom. The average molecular weight is 512 g/mol. The van der Waals surface area contributed by atoms with E-state index < -0.39 is 11.7 Å². The van der Waals surface area contributed by atoms with Crippen LogP contribution in [0.1, 0.15) is 44.2 Å². The van der Waals surface area contributed by atoms with Gasteiger partial charge in [-0.25, -0.2) is 0 Å². The van der Waals surface area contributed by atoms with E-state index in [1.165, 1.54) is 19.1 Å². The third-order valence-corrected chi connectivity index (χ3v) is 4.79. The van der Waals surface area contributed by atoms with Gasteiger partial charge in [-0.1, -0.05) is 24.6 Å². The summed E-state index contributed by atoms with van der Waals surface area (Å²) in [5.74, 6) is 0.498. The smallest absolute Gasteiger partial charge is 0.357 e. The molecule has 0 heterocycles. The molecule has 1 aliphatic rings. The van der Waals surface area contributed by atoms with Crippen molar-refractivity contribution in [1.82, 2.24) is 16.0 Å². The van der Waals surface area contributed by atoms with Gasteiger partial charge < -0.3 is 16.0 Å². The SMILES string of the molecule is CCNC(=NCC1(c2cccc(C(F)(F)F)c2)CCC1)NCCNC(C)=O.I. The molecule has 1 aliphatic carbocycles. The van der Waals surface area contributed by atoms with Crippen LogP contribution in [-0.2, 0) is 16.4 Å². The van der Waals surface area contributed by atoms with Crippen LogP contribution in [0.2, 0.25) is 0 Å². The number of hydrogen-bond acceptors (Lipinski definition) is 2. The van der Waals surface area contributed by atoms with E-state index in [0.29, 0.717) is 37.7 Å². The van der Waals surface area contributed by atoms with Crippen LogP contribution in [0.4, 0.5) is 13.2 Å². The number of guanidine groups is 1. The minimum absolute atomic E-state index is 0. The monoisotopic (exact) mass is 512 g/mol. The third kappa shape index (κ3) is 6.82. The second kappa shape index (κ2) is 10.9. The van der Waals surface area contributed by atoms with Crippen molar-refractivity contribution in [2.24, 2.45) is 4.99 Å². The highest BCUT2D eigenvalue weighted by Crippen LogP contribution is 2.45. The number of nitrogens with zero attached hydrogens (tertiary/aromatic N) is 1. The standard InChI is InChI=1S/C19H27F3N4O.HI/c1-3-23-17(25-11-10-24-14(2)27)26-13-18(8-5-9-18)15-6-4-7-16(12-15)19(20,21)22;/h4,6-7,12H,3,5,8-11,13H2,1-2H3,(H,24,27)(H2,23,25,26);1H. The minimum atomic E-state index is -4.34. The van der Waals surface area contributed by atoms with E-state index in [4.69, 9.17) is 0 Å². The highest BCUT2D eigenvalue weighted by molar-refractivity contribution is 14.0. The van der Waals surface area contributed by atoms with Gasteiger partial charge in [0.1, 0.15) is 0 Å². The quantitative estimate of drug-likeness (QED) is 0.227. The zero-order chi connectivity index (χ0) is 19.9. The van der Waals surface area contributed by atoms with Crippen molar-refractivity contribution in [3.63, 3.8) is 0 Å². The lowest BCUT2D eigenvalue weighted by Gasteiger charge is -2.41. The van der Waals surface area contributed by atoms with Crippen molar-refractivity contribution < 1.29 is 18.0 Å². The summed E-state index contributed by atoms with van der Waals surface area (Å²) in [7, 11) is 0. The van der Waals surface area contributed by atoms with E-state index in [1.807, 2.05) is 6.92 Å². The molecule has 0 radical (unpaired) electrons. The fourth-order valence-electron chi connectivity index (χ4n) is 3.16. The van der Waals surface area contributed by atoms with Crippen molar-refractivity contribution in [2.45, 2.75) is 44.7 Å². The molecule has 3 N–H and O–H groups in total. The molecule has 1 aromatic carbocycles. The summed E-state index contributed by atoms with van der Waals surface area (Å²) in [6.07, 6.45) is -1.71. The van der Waals surface area contributed by atoms with Gasteiger partial charge in [-0.15, -0.1) is 24.0 Å². The van der Waals surface area contributed by atoms with Gasteiger partial charge in [0.2, 0.25) is 5.91 Å². The zero-order valence-electron chi connectivity index (χ0n) is 16.2.